The Kier molecular flexibility index (Phi) is 4.50. The van der Waals surface area contributed by atoms with Gasteiger partial charge in [0.15, 0.2) is 23.3 Å². The fourth-order valence-corrected chi connectivity index (χ4v) is 2.02. The lowest BCUT2D eigenvalue weighted by atomic mass is 10.1. The van der Waals surface area contributed by atoms with Crippen molar-refractivity contribution in [3.63, 3.8) is 0 Å². The van der Waals surface area contributed by atoms with E-state index in [0.29, 0.717) is 6.54 Å². The third kappa shape index (κ3) is 3.04. The molecule has 2 aromatic rings. The minimum absolute atomic E-state index is 0.0256. The van der Waals surface area contributed by atoms with Gasteiger partial charge in [-0.2, -0.15) is 0 Å². The smallest absolute Gasteiger partial charge is 0.168 e. The fourth-order valence-electron chi connectivity index (χ4n) is 2.02. The number of nitrogens with zero attached hydrogens (tertiary/aromatic N) is 1. The summed E-state index contributed by atoms with van der Waals surface area (Å²) < 4.78 is 27.0. The second-order valence-electron chi connectivity index (χ2n) is 4.38. The minimum atomic E-state index is -0.704. The molecule has 0 radical (unpaired) electrons. The molecule has 0 aliphatic carbocycles. The Morgan fingerprint density at radius 2 is 1.70 bits per heavy atom. The Labute approximate surface area is 117 Å². The number of nitrogens with one attached hydrogen (secondary N) is 2. The number of hydrogen-bond acceptors (Lipinski definition) is 3. The average Bonchev–Trinajstić information content (AvgIpc) is 2.46. The Morgan fingerprint density at radius 1 is 1.05 bits per heavy atom. The number of aromatic nitrogens is 1. The first-order chi connectivity index (χ1) is 9.65. The van der Waals surface area contributed by atoms with E-state index in [4.69, 9.17) is 0 Å². The highest BCUT2D eigenvalue weighted by Gasteiger charge is 2.11. The van der Waals surface area contributed by atoms with Gasteiger partial charge in [0.25, 0.3) is 0 Å². The Hall–Kier alpha value is -2.17. The van der Waals surface area contributed by atoms with Crippen molar-refractivity contribution < 1.29 is 8.78 Å². The van der Waals surface area contributed by atoms with Crippen LogP contribution in [-0.4, -0.2) is 12.0 Å². The van der Waals surface area contributed by atoms with E-state index in [1.54, 1.807) is 7.05 Å². The van der Waals surface area contributed by atoms with Crippen LogP contribution in [0.5, 0.6) is 0 Å². The summed E-state index contributed by atoms with van der Waals surface area (Å²) in [5.41, 5.74) is 2.27. The molecule has 0 saturated heterocycles. The van der Waals surface area contributed by atoms with Crippen molar-refractivity contribution in [2.75, 3.05) is 17.7 Å². The molecule has 0 unspecified atom stereocenters. The quantitative estimate of drug-likeness (QED) is 0.877. The summed E-state index contributed by atoms with van der Waals surface area (Å²) in [6, 6.07) is 8.74. The first-order valence-corrected chi connectivity index (χ1v) is 6.50. The van der Waals surface area contributed by atoms with Gasteiger partial charge in [0.05, 0.1) is 0 Å². The summed E-state index contributed by atoms with van der Waals surface area (Å²) in [6.45, 7) is 2.51. The topological polar surface area (TPSA) is 37.0 Å². The highest BCUT2D eigenvalue weighted by atomic mass is 19.1. The standard InChI is InChI=1S/C15H17F2N3/c1-3-10-6-4-5-7-11(10)9-19-15-13(17)8-12(16)14(18-2)20-15/h4-8H,3,9H2,1-2H3,(H2,18,19,20). The van der Waals surface area contributed by atoms with Crippen molar-refractivity contribution in [1.82, 2.24) is 4.98 Å². The van der Waals surface area contributed by atoms with E-state index in [2.05, 4.69) is 22.5 Å². The van der Waals surface area contributed by atoms with E-state index >= 15 is 0 Å². The number of anilines is 2. The molecule has 1 aromatic heterocycles. The van der Waals surface area contributed by atoms with Crippen LogP contribution < -0.4 is 10.6 Å². The van der Waals surface area contributed by atoms with Gasteiger partial charge in [-0.1, -0.05) is 31.2 Å². The number of hydrogen-bond donors (Lipinski definition) is 2. The maximum absolute atomic E-state index is 13.7. The lowest BCUT2D eigenvalue weighted by Gasteiger charge is -2.11. The Morgan fingerprint density at radius 3 is 2.35 bits per heavy atom. The predicted octanol–water partition coefficient (Wildman–Crippen LogP) is 3.58. The van der Waals surface area contributed by atoms with Gasteiger partial charge in [-0.15, -0.1) is 0 Å². The molecule has 0 fully saturated rings. The highest BCUT2D eigenvalue weighted by molar-refractivity contribution is 5.47. The van der Waals surface area contributed by atoms with Gasteiger partial charge in [0, 0.05) is 19.7 Å². The number of rotatable bonds is 5. The zero-order valence-electron chi connectivity index (χ0n) is 11.5. The summed E-state index contributed by atoms with van der Waals surface area (Å²) in [4.78, 5) is 3.89. The zero-order chi connectivity index (χ0) is 14.5. The van der Waals surface area contributed by atoms with Crippen LogP contribution in [0.1, 0.15) is 18.1 Å². The lowest BCUT2D eigenvalue weighted by Crippen LogP contribution is -2.08. The molecular formula is C15H17F2N3. The largest absolute Gasteiger partial charge is 0.371 e. The van der Waals surface area contributed by atoms with E-state index in [0.717, 1.165) is 18.1 Å². The molecule has 1 aromatic carbocycles. The number of aryl methyl sites for hydroxylation is 1. The molecule has 0 aliphatic rings. The van der Waals surface area contributed by atoms with Crippen LogP contribution in [0.15, 0.2) is 30.3 Å². The van der Waals surface area contributed by atoms with Crippen molar-refractivity contribution in [1.29, 1.82) is 0 Å². The molecule has 0 spiro atoms. The molecular weight excluding hydrogens is 260 g/mol. The molecule has 3 nitrogen and oxygen atoms in total. The third-order valence-electron chi connectivity index (χ3n) is 3.11. The summed E-state index contributed by atoms with van der Waals surface area (Å²) in [5.74, 6) is -1.33. The fraction of sp³-hybridized carbons (Fsp3) is 0.267. The minimum Gasteiger partial charge on any atom is -0.371 e. The van der Waals surface area contributed by atoms with Crippen LogP contribution in [0.25, 0.3) is 0 Å². The van der Waals surface area contributed by atoms with E-state index in [-0.39, 0.29) is 11.6 Å². The molecule has 2 rings (SSSR count). The van der Waals surface area contributed by atoms with Crippen LogP contribution >= 0.6 is 0 Å². The summed E-state index contributed by atoms with van der Waals surface area (Å²) in [7, 11) is 1.54. The van der Waals surface area contributed by atoms with Crippen molar-refractivity contribution in [3.8, 4) is 0 Å². The number of halogens is 2. The summed E-state index contributed by atoms with van der Waals surface area (Å²) >= 11 is 0. The van der Waals surface area contributed by atoms with E-state index in [1.165, 1.54) is 5.56 Å². The second kappa shape index (κ2) is 6.32. The van der Waals surface area contributed by atoms with Gasteiger partial charge in [0.1, 0.15) is 0 Å². The summed E-state index contributed by atoms with van der Waals surface area (Å²) in [5, 5.41) is 5.50. The molecule has 0 aliphatic heterocycles. The number of pyridine rings is 1. The van der Waals surface area contributed by atoms with Crippen molar-refractivity contribution in [2.45, 2.75) is 19.9 Å². The van der Waals surface area contributed by atoms with Gasteiger partial charge in [-0.05, 0) is 17.5 Å². The van der Waals surface area contributed by atoms with Crippen LogP contribution in [0, 0.1) is 11.6 Å². The molecule has 5 heteroatoms. The van der Waals surface area contributed by atoms with Gasteiger partial charge in [-0.25, -0.2) is 13.8 Å². The van der Waals surface area contributed by atoms with Crippen LogP contribution in [0.3, 0.4) is 0 Å². The summed E-state index contributed by atoms with van der Waals surface area (Å²) in [6.07, 6.45) is 0.902. The molecule has 2 N–H and O–H groups in total. The molecule has 0 saturated carbocycles. The number of benzene rings is 1. The van der Waals surface area contributed by atoms with E-state index in [1.807, 2.05) is 24.3 Å². The van der Waals surface area contributed by atoms with Crippen LogP contribution in [-0.2, 0) is 13.0 Å². The van der Waals surface area contributed by atoms with Gasteiger partial charge < -0.3 is 10.6 Å². The van der Waals surface area contributed by atoms with Gasteiger partial charge >= 0.3 is 0 Å². The first-order valence-electron chi connectivity index (χ1n) is 6.50. The van der Waals surface area contributed by atoms with Crippen LogP contribution in [0.4, 0.5) is 20.4 Å². The van der Waals surface area contributed by atoms with Crippen molar-refractivity contribution in [3.05, 3.63) is 53.1 Å². The highest BCUT2D eigenvalue weighted by Crippen LogP contribution is 2.20. The SMILES string of the molecule is CCc1ccccc1CNc1nc(NC)c(F)cc1F. The molecule has 0 bridgehead atoms. The monoisotopic (exact) mass is 277 g/mol. The van der Waals surface area contributed by atoms with Crippen molar-refractivity contribution in [2.24, 2.45) is 0 Å². The molecule has 0 amide bonds. The predicted molar refractivity (Wildman–Crippen MR) is 76.8 cm³/mol. The van der Waals surface area contributed by atoms with Gasteiger partial charge in [-0.3, -0.25) is 0 Å². The normalized spacial score (nSPS) is 10.4. The molecule has 20 heavy (non-hydrogen) atoms. The van der Waals surface area contributed by atoms with Crippen molar-refractivity contribution >= 4 is 11.6 Å². The Bertz CT molecular complexity index is 600. The van der Waals surface area contributed by atoms with Gasteiger partial charge in [0.2, 0.25) is 0 Å². The average molecular weight is 277 g/mol. The second-order valence-corrected chi connectivity index (χ2v) is 4.38. The zero-order valence-corrected chi connectivity index (χ0v) is 11.5. The third-order valence-corrected chi connectivity index (χ3v) is 3.11. The molecule has 106 valence electrons. The maximum atomic E-state index is 13.7. The van der Waals surface area contributed by atoms with E-state index in [9.17, 15) is 8.78 Å². The lowest BCUT2D eigenvalue weighted by molar-refractivity contribution is 0.578. The van der Waals surface area contributed by atoms with Crippen LogP contribution in [0.2, 0.25) is 0 Å². The molecule has 0 atom stereocenters. The maximum Gasteiger partial charge on any atom is 0.168 e. The Balaban J connectivity index is 2.18. The van der Waals surface area contributed by atoms with E-state index < -0.39 is 11.6 Å². The molecule has 1 heterocycles. The first kappa shape index (κ1) is 14.2.